The van der Waals surface area contributed by atoms with Crippen LogP contribution in [0.3, 0.4) is 0 Å². The molecule has 0 saturated heterocycles. The predicted octanol–water partition coefficient (Wildman–Crippen LogP) is 7.12. The molecular formula is C18H38. The van der Waals surface area contributed by atoms with E-state index >= 15 is 0 Å². The molecule has 0 saturated carbocycles. The van der Waals surface area contributed by atoms with Crippen LogP contribution < -0.4 is 0 Å². The highest BCUT2D eigenvalue weighted by atomic mass is 14.1. The van der Waals surface area contributed by atoms with E-state index in [9.17, 15) is 0 Å². The zero-order chi connectivity index (χ0) is 13.5. The van der Waals surface area contributed by atoms with E-state index in [0.29, 0.717) is 0 Å². The van der Waals surface area contributed by atoms with Crippen molar-refractivity contribution in [3.8, 4) is 0 Å². The Hall–Kier alpha value is 0. The van der Waals surface area contributed by atoms with Gasteiger partial charge in [0.2, 0.25) is 0 Å². The minimum absolute atomic E-state index is 0.973. The number of hydrogen-bond acceptors (Lipinski definition) is 0. The smallest absolute Gasteiger partial charge is 0.0443 e. The van der Waals surface area contributed by atoms with Crippen molar-refractivity contribution in [3.63, 3.8) is 0 Å². The monoisotopic (exact) mass is 254 g/mol. The molecule has 0 heteroatoms. The van der Waals surface area contributed by atoms with Crippen LogP contribution in [0.15, 0.2) is 0 Å². The SMILES string of the molecule is CCCCCCCCCCC[C@H](C)CCCCC. The summed E-state index contributed by atoms with van der Waals surface area (Å²) >= 11 is 0. The molecule has 0 nitrogen and oxygen atoms in total. The standard InChI is InChI=1S/C18H38/c1-4-6-8-9-10-11-12-13-15-17-18(3)16-14-7-5-2/h18H,4-17H2,1-3H3/t18-/m1/s1. The lowest BCUT2D eigenvalue weighted by atomic mass is 9.96. The quantitative estimate of drug-likeness (QED) is 0.289. The van der Waals surface area contributed by atoms with Gasteiger partial charge in [-0.15, -0.1) is 0 Å². The van der Waals surface area contributed by atoms with Gasteiger partial charge in [0.05, 0.1) is 0 Å². The van der Waals surface area contributed by atoms with Gasteiger partial charge in [-0.3, -0.25) is 0 Å². The molecule has 0 aromatic rings. The maximum absolute atomic E-state index is 2.44. The zero-order valence-electron chi connectivity index (χ0n) is 13.5. The minimum atomic E-state index is 0.973. The van der Waals surface area contributed by atoms with E-state index in [2.05, 4.69) is 20.8 Å². The van der Waals surface area contributed by atoms with Crippen molar-refractivity contribution in [2.75, 3.05) is 0 Å². The molecule has 0 heterocycles. The second-order valence-corrected chi connectivity index (χ2v) is 6.22. The molecule has 0 aromatic carbocycles. The fourth-order valence-electron chi connectivity index (χ4n) is 2.69. The van der Waals surface area contributed by atoms with Crippen LogP contribution in [-0.4, -0.2) is 0 Å². The Labute approximate surface area is 117 Å². The lowest BCUT2D eigenvalue weighted by Gasteiger charge is -2.10. The van der Waals surface area contributed by atoms with E-state index in [1.54, 1.807) is 0 Å². The average Bonchev–Trinajstić information content (AvgIpc) is 2.37. The normalized spacial score (nSPS) is 12.8. The van der Waals surface area contributed by atoms with Crippen LogP contribution in [0, 0.1) is 5.92 Å². The Morgan fingerprint density at radius 1 is 0.500 bits per heavy atom. The maximum atomic E-state index is 2.44. The summed E-state index contributed by atoms with van der Waals surface area (Å²) in [5.41, 5.74) is 0. The molecule has 0 aromatic heterocycles. The van der Waals surface area contributed by atoms with Crippen LogP contribution >= 0.6 is 0 Å². The van der Waals surface area contributed by atoms with Crippen molar-refractivity contribution in [2.45, 2.75) is 111 Å². The molecule has 0 aliphatic heterocycles. The fraction of sp³-hybridized carbons (Fsp3) is 1.00. The van der Waals surface area contributed by atoms with Gasteiger partial charge in [-0.1, -0.05) is 111 Å². The molecule has 0 radical (unpaired) electrons. The van der Waals surface area contributed by atoms with E-state index in [1.807, 2.05) is 0 Å². The van der Waals surface area contributed by atoms with Crippen molar-refractivity contribution in [3.05, 3.63) is 0 Å². The topological polar surface area (TPSA) is 0 Å². The van der Waals surface area contributed by atoms with Crippen molar-refractivity contribution in [2.24, 2.45) is 5.92 Å². The first-order chi connectivity index (χ1) is 8.81. The lowest BCUT2D eigenvalue weighted by Crippen LogP contribution is -1.94. The van der Waals surface area contributed by atoms with Gasteiger partial charge < -0.3 is 0 Å². The van der Waals surface area contributed by atoms with Crippen molar-refractivity contribution < 1.29 is 0 Å². The van der Waals surface area contributed by atoms with Crippen LogP contribution in [0.1, 0.15) is 111 Å². The van der Waals surface area contributed by atoms with Crippen molar-refractivity contribution >= 4 is 0 Å². The Bertz CT molecular complexity index is 139. The van der Waals surface area contributed by atoms with Crippen LogP contribution in [0.4, 0.5) is 0 Å². The summed E-state index contributed by atoms with van der Waals surface area (Å²) in [7, 11) is 0. The molecule has 0 bridgehead atoms. The molecule has 0 unspecified atom stereocenters. The van der Waals surface area contributed by atoms with Crippen LogP contribution in [0.25, 0.3) is 0 Å². The fourth-order valence-corrected chi connectivity index (χ4v) is 2.69. The molecule has 0 aliphatic carbocycles. The number of rotatable bonds is 14. The summed E-state index contributed by atoms with van der Waals surface area (Å²) < 4.78 is 0. The molecule has 18 heavy (non-hydrogen) atoms. The molecule has 0 aliphatic rings. The molecule has 0 fully saturated rings. The second kappa shape index (κ2) is 15.1. The number of hydrogen-bond donors (Lipinski definition) is 0. The van der Waals surface area contributed by atoms with Crippen molar-refractivity contribution in [1.82, 2.24) is 0 Å². The zero-order valence-corrected chi connectivity index (χ0v) is 13.5. The first-order valence-electron chi connectivity index (χ1n) is 8.81. The summed E-state index contributed by atoms with van der Waals surface area (Å²) in [6.45, 7) is 7.03. The van der Waals surface area contributed by atoms with Gasteiger partial charge in [0.1, 0.15) is 0 Å². The highest BCUT2D eigenvalue weighted by molar-refractivity contribution is 4.55. The third kappa shape index (κ3) is 14.1. The summed E-state index contributed by atoms with van der Waals surface area (Å²) in [6, 6.07) is 0. The minimum Gasteiger partial charge on any atom is -0.0654 e. The molecule has 0 spiro atoms. The summed E-state index contributed by atoms with van der Waals surface area (Å²) in [5.74, 6) is 0.973. The summed E-state index contributed by atoms with van der Waals surface area (Å²) in [4.78, 5) is 0. The first-order valence-corrected chi connectivity index (χ1v) is 8.81. The third-order valence-corrected chi connectivity index (χ3v) is 4.10. The molecule has 1 atom stereocenters. The highest BCUT2D eigenvalue weighted by Gasteiger charge is 2.01. The van der Waals surface area contributed by atoms with Crippen LogP contribution in [0.2, 0.25) is 0 Å². The lowest BCUT2D eigenvalue weighted by molar-refractivity contribution is 0.435. The second-order valence-electron chi connectivity index (χ2n) is 6.22. The van der Waals surface area contributed by atoms with E-state index in [0.717, 1.165) is 5.92 Å². The van der Waals surface area contributed by atoms with E-state index in [-0.39, 0.29) is 0 Å². The largest absolute Gasteiger partial charge is 0.0654 e. The van der Waals surface area contributed by atoms with Gasteiger partial charge in [0.25, 0.3) is 0 Å². The molecule has 0 rings (SSSR count). The highest BCUT2D eigenvalue weighted by Crippen LogP contribution is 2.17. The van der Waals surface area contributed by atoms with Gasteiger partial charge in [-0.25, -0.2) is 0 Å². The van der Waals surface area contributed by atoms with Gasteiger partial charge in [0.15, 0.2) is 0 Å². The van der Waals surface area contributed by atoms with Crippen molar-refractivity contribution in [1.29, 1.82) is 0 Å². The van der Waals surface area contributed by atoms with Gasteiger partial charge >= 0.3 is 0 Å². The predicted molar refractivity (Wildman–Crippen MR) is 85.2 cm³/mol. The van der Waals surface area contributed by atoms with Crippen LogP contribution in [0.5, 0.6) is 0 Å². The van der Waals surface area contributed by atoms with E-state index < -0.39 is 0 Å². The Morgan fingerprint density at radius 3 is 1.33 bits per heavy atom. The first kappa shape index (κ1) is 18.0. The van der Waals surface area contributed by atoms with E-state index in [1.165, 1.54) is 89.9 Å². The average molecular weight is 255 g/mol. The van der Waals surface area contributed by atoms with Crippen LogP contribution in [-0.2, 0) is 0 Å². The molecule has 0 N–H and O–H groups in total. The summed E-state index contributed by atoms with van der Waals surface area (Å²) in [6.07, 6.45) is 20.3. The van der Waals surface area contributed by atoms with Gasteiger partial charge in [-0.2, -0.15) is 0 Å². The molecule has 0 amide bonds. The Balaban J connectivity index is 3.05. The Kier molecular flexibility index (Phi) is 15.1. The molecular weight excluding hydrogens is 216 g/mol. The van der Waals surface area contributed by atoms with Gasteiger partial charge in [0, 0.05) is 0 Å². The maximum Gasteiger partial charge on any atom is -0.0443 e. The Morgan fingerprint density at radius 2 is 0.833 bits per heavy atom. The molecule has 110 valence electrons. The van der Waals surface area contributed by atoms with E-state index in [4.69, 9.17) is 0 Å². The number of unbranched alkanes of at least 4 members (excludes halogenated alkanes) is 10. The van der Waals surface area contributed by atoms with Gasteiger partial charge in [-0.05, 0) is 5.92 Å². The summed E-state index contributed by atoms with van der Waals surface area (Å²) in [5, 5.41) is 0. The third-order valence-electron chi connectivity index (χ3n) is 4.10.